The summed E-state index contributed by atoms with van der Waals surface area (Å²) in [5, 5.41) is 23.7. The van der Waals surface area contributed by atoms with Gasteiger partial charge in [0.1, 0.15) is 5.75 Å². The molecular weight excluding hydrogens is 366 g/mol. The number of hydrogen-bond donors (Lipinski definition) is 2. The number of anilines is 1. The first kappa shape index (κ1) is 18.6. The fraction of sp³-hybridized carbons (Fsp3) is 0.167. The fourth-order valence-electron chi connectivity index (χ4n) is 2.28. The van der Waals surface area contributed by atoms with Crippen LogP contribution in [-0.2, 0) is 4.79 Å². The fourth-order valence-corrected chi connectivity index (χ4v) is 3.09. The molecule has 0 spiro atoms. The van der Waals surface area contributed by atoms with Gasteiger partial charge >= 0.3 is 0 Å². The molecule has 138 valence electrons. The lowest BCUT2D eigenvalue weighted by Crippen LogP contribution is -2.23. The molecule has 3 rings (SSSR count). The van der Waals surface area contributed by atoms with Gasteiger partial charge in [0.25, 0.3) is 0 Å². The lowest BCUT2D eigenvalue weighted by atomic mass is 10.1. The van der Waals surface area contributed by atoms with Gasteiger partial charge in [-0.25, -0.2) is 0 Å². The zero-order chi connectivity index (χ0) is 19.4. The van der Waals surface area contributed by atoms with Gasteiger partial charge in [-0.05, 0) is 60.7 Å². The molecule has 9 heteroatoms. The van der Waals surface area contributed by atoms with Crippen LogP contribution >= 0.6 is 11.8 Å². The van der Waals surface area contributed by atoms with Crippen LogP contribution in [0.2, 0.25) is 0 Å². The van der Waals surface area contributed by atoms with E-state index >= 15 is 0 Å². The molecule has 1 unspecified atom stereocenters. The van der Waals surface area contributed by atoms with Crippen molar-refractivity contribution >= 4 is 29.1 Å². The Morgan fingerprint density at radius 1 is 1.19 bits per heavy atom. The minimum absolute atomic E-state index is 0.0680. The van der Waals surface area contributed by atoms with Crippen LogP contribution < -0.4 is 5.32 Å². The molecule has 0 bridgehead atoms. The summed E-state index contributed by atoms with van der Waals surface area (Å²) in [6, 6.07) is 13.2. The molecule has 0 aliphatic rings. The smallest absolute Gasteiger partial charge is 0.237 e. The molecule has 2 aromatic carbocycles. The second-order valence-corrected chi connectivity index (χ2v) is 7.08. The van der Waals surface area contributed by atoms with E-state index in [4.69, 9.17) is 0 Å². The number of hydrogen-bond acceptors (Lipinski definition) is 7. The third-order valence-corrected chi connectivity index (χ3v) is 4.76. The highest BCUT2D eigenvalue weighted by atomic mass is 32.2. The van der Waals surface area contributed by atoms with Crippen molar-refractivity contribution in [2.75, 3.05) is 5.32 Å². The van der Waals surface area contributed by atoms with Crippen LogP contribution in [0.25, 0.3) is 5.69 Å². The number of amides is 1. The largest absolute Gasteiger partial charge is 0.508 e. The van der Waals surface area contributed by atoms with Gasteiger partial charge in [-0.1, -0.05) is 23.9 Å². The Balaban J connectivity index is 1.71. The summed E-state index contributed by atoms with van der Waals surface area (Å²) in [7, 11) is 0. The van der Waals surface area contributed by atoms with Gasteiger partial charge in [0.15, 0.2) is 5.78 Å². The van der Waals surface area contributed by atoms with Crippen molar-refractivity contribution in [1.82, 2.24) is 20.2 Å². The maximum Gasteiger partial charge on any atom is 0.237 e. The van der Waals surface area contributed by atoms with E-state index in [9.17, 15) is 14.7 Å². The molecule has 0 saturated carbocycles. The minimum atomic E-state index is -0.479. The number of phenolic OH excluding ortho intramolecular Hbond substituents is 1. The molecular formula is C18H17N5O3S. The Hall–Kier alpha value is -3.20. The SMILES string of the molecule is CC(=O)c1cccc(NC(=O)C(C)Sc2nnnn2-c2ccc(O)cc2)c1. The average molecular weight is 383 g/mol. The first-order valence-corrected chi connectivity index (χ1v) is 8.98. The zero-order valence-electron chi connectivity index (χ0n) is 14.7. The maximum atomic E-state index is 12.5. The molecule has 8 nitrogen and oxygen atoms in total. The predicted octanol–water partition coefficient (Wildman–Crippen LogP) is 2.69. The van der Waals surface area contributed by atoms with Crippen LogP contribution in [0.15, 0.2) is 53.7 Å². The van der Waals surface area contributed by atoms with Gasteiger partial charge in [-0.2, -0.15) is 4.68 Å². The highest BCUT2D eigenvalue weighted by Gasteiger charge is 2.19. The summed E-state index contributed by atoms with van der Waals surface area (Å²) in [5.41, 5.74) is 1.75. The van der Waals surface area contributed by atoms with Crippen molar-refractivity contribution in [1.29, 1.82) is 0 Å². The number of Topliss-reactive ketones (excluding diaryl/α,β-unsaturated/α-hetero) is 1. The van der Waals surface area contributed by atoms with Crippen LogP contribution in [0, 0.1) is 0 Å². The highest BCUT2D eigenvalue weighted by molar-refractivity contribution is 8.00. The van der Waals surface area contributed by atoms with E-state index in [2.05, 4.69) is 20.8 Å². The number of aromatic nitrogens is 4. The summed E-state index contributed by atoms with van der Waals surface area (Å²) in [6.45, 7) is 3.22. The lowest BCUT2D eigenvalue weighted by molar-refractivity contribution is -0.115. The number of nitrogens with one attached hydrogen (secondary N) is 1. The van der Waals surface area contributed by atoms with E-state index in [1.54, 1.807) is 43.3 Å². The van der Waals surface area contributed by atoms with Gasteiger partial charge in [-0.15, -0.1) is 5.10 Å². The second kappa shape index (κ2) is 8.00. The number of carbonyl (C=O) groups excluding carboxylic acids is 2. The number of ketones is 1. The van der Waals surface area contributed by atoms with Crippen molar-refractivity contribution in [3.8, 4) is 11.4 Å². The Morgan fingerprint density at radius 3 is 2.63 bits per heavy atom. The average Bonchev–Trinajstić information content (AvgIpc) is 3.10. The second-order valence-electron chi connectivity index (χ2n) is 5.78. The normalized spacial score (nSPS) is 11.8. The molecule has 1 amide bonds. The quantitative estimate of drug-likeness (QED) is 0.497. The number of tetrazole rings is 1. The minimum Gasteiger partial charge on any atom is -0.508 e. The molecule has 2 N–H and O–H groups in total. The van der Waals surface area contributed by atoms with Crippen molar-refractivity contribution < 1.29 is 14.7 Å². The van der Waals surface area contributed by atoms with Crippen molar-refractivity contribution in [2.24, 2.45) is 0 Å². The van der Waals surface area contributed by atoms with Gasteiger partial charge in [-0.3, -0.25) is 9.59 Å². The standard InChI is InChI=1S/C18H17N5O3S/c1-11(24)13-4-3-5-14(10-13)19-17(26)12(2)27-18-20-21-22-23(18)15-6-8-16(25)9-7-15/h3-10,12,25H,1-2H3,(H,19,26). The molecule has 0 fully saturated rings. The number of carbonyl (C=O) groups is 2. The zero-order valence-corrected chi connectivity index (χ0v) is 15.5. The lowest BCUT2D eigenvalue weighted by Gasteiger charge is -2.12. The third-order valence-electron chi connectivity index (χ3n) is 3.72. The molecule has 1 heterocycles. The topological polar surface area (TPSA) is 110 Å². The van der Waals surface area contributed by atoms with Crippen molar-refractivity contribution in [2.45, 2.75) is 24.3 Å². The van der Waals surface area contributed by atoms with E-state index in [1.807, 2.05) is 0 Å². The van der Waals surface area contributed by atoms with E-state index < -0.39 is 5.25 Å². The Morgan fingerprint density at radius 2 is 1.93 bits per heavy atom. The van der Waals surface area contributed by atoms with Crippen molar-refractivity contribution in [3.63, 3.8) is 0 Å². The number of phenols is 1. The number of rotatable bonds is 6. The molecule has 3 aromatic rings. The third kappa shape index (κ3) is 4.50. The molecule has 1 atom stereocenters. The molecule has 0 aliphatic heterocycles. The number of aromatic hydroxyl groups is 1. The summed E-state index contributed by atoms with van der Waals surface area (Å²) < 4.78 is 1.49. The molecule has 1 aromatic heterocycles. The first-order chi connectivity index (χ1) is 12.9. The van der Waals surface area contributed by atoms with E-state index in [0.29, 0.717) is 22.1 Å². The maximum absolute atomic E-state index is 12.5. The van der Waals surface area contributed by atoms with Crippen LogP contribution in [0.4, 0.5) is 5.69 Å². The van der Waals surface area contributed by atoms with Crippen LogP contribution in [0.5, 0.6) is 5.75 Å². The molecule has 0 radical (unpaired) electrons. The Labute approximate surface area is 159 Å². The van der Waals surface area contributed by atoms with Crippen LogP contribution in [-0.4, -0.2) is 42.3 Å². The van der Waals surface area contributed by atoms with Gasteiger partial charge < -0.3 is 10.4 Å². The molecule has 0 saturated heterocycles. The first-order valence-electron chi connectivity index (χ1n) is 8.10. The monoisotopic (exact) mass is 383 g/mol. The van der Waals surface area contributed by atoms with Gasteiger partial charge in [0, 0.05) is 11.3 Å². The summed E-state index contributed by atoms with van der Waals surface area (Å²) in [6.07, 6.45) is 0. The predicted molar refractivity (Wildman–Crippen MR) is 101 cm³/mol. The number of thioether (sulfide) groups is 1. The molecule has 27 heavy (non-hydrogen) atoms. The van der Waals surface area contributed by atoms with Crippen LogP contribution in [0.3, 0.4) is 0 Å². The summed E-state index contributed by atoms with van der Waals surface area (Å²) in [4.78, 5) is 23.9. The van der Waals surface area contributed by atoms with E-state index in [0.717, 1.165) is 0 Å². The number of nitrogens with zero attached hydrogens (tertiary/aromatic N) is 4. The summed E-state index contributed by atoms with van der Waals surface area (Å²) in [5.74, 6) is -0.163. The highest BCUT2D eigenvalue weighted by Crippen LogP contribution is 2.24. The van der Waals surface area contributed by atoms with Gasteiger partial charge in [0.05, 0.1) is 10.9 Å². The molecule has 0 aliphatic carbocycles. The van der Waals surface area contributed by atoms with E-state index in [1.165, 1.54) is 35.5 Å². The Bertz CT molecular complexity index is 971. The number of benzene rings is 2. The van der Waals surface area contributed by atoms with Crippen LogP contribution in [0.1, 0.15) is 24.2 Å². The Kier molecular flexibility index (Phi) is 5.51. The van der Waals surface area contributed by atoms with E-state index in [-0.39, 0.29) is 17.4 Å². The van der Waals surface area contributed by atoms with Crippen molar-refractivity contribution in [3.05, 3.63) is 54.1 Å². The van der Waals surface area contributed by atoms with Gasteiger partial charge in [0.2, 0.25) is 11.1 Å². The summed E-state index contributed by atoms with van der Waals surface area (Å²) >= 11 is 1.20.